The van der Waals surface area contributed by atoms with Crippen molar-refractivity contribution in [1.29, 1.82) is 0 Å². The molecule has 0 aromatic rings. The molecule has 1 heterocycles. The van der Waals surface area contributed by atoms with Gasteiger partial charge in [0.1, 0.15) is 0 Å². The Hall–Kier alpha value is -0.590. The molecular weight excluding hydrogens is 74.1 g/mol. The molecule has 0 aromatic heterocycles. The SMILES string of the molecule is C1=CC1[C@H]1C=N1. The summed E-state index contributed by atoms with van der Waals surface area (Å²) in [6.45, 7) is 0. The van der Waals surface area contributed by atoms with Gasteiger partial charge in [0.15, 0.2) is 0 Å². The summed E-state index contributed by atoms with van der Waals surface area (Å²) in [5.41, 5.74) is 0. The smallest absolute Gasteiger partial charge is 0.0940 e. The van der Waals surface area contributed by atoms with E-state index in [1.54, 1.807) is 0 Å². The van der Waals surface area contributed by atoms with E-state index in [-0.39, 0.29) is 0 Å². The highest BCUT2D eigenvalue weighted by atomic mass is 14.9. The molecular formula is C5H5N. The minimum absolute atomic E-state index is 0.602. The van der Waals surface area contributed by atoms with Gasteiger partial charge in [-0.2, -0.15) is 0 Å². The molecule has 0 N–H and O–H groups in total. The summed E-state index contributed by atoms with van der Waals surface area (Å²) in [4.78, 5) is 3.98. The number of nitrogens with zero attached hydrogens (tertiary/aromatic N) is 1. The summed E-state index contributed by atoms with van der Waals surface area (Å²) in [6.07, 6.45) is 6.35. The molecule has 0 amide bonds. The first kappa shape index (κ1) is 2.56. The number of hydrogen-bond acceptors (Lipinski definition) is 1. The van der Waals surface area contributed by atoms with Gasteiger partial charge in [-0.3, -0.25) is 4.99 Å². The zero-order chi connectivity index (χ0) is 3.98. The molecule has 0 spiro atoms. The lowest BCUT2D eigenvalue weighted by Crippen LogP contribution is -1.88. The quantitative estimate of drug-likeness (QED) is 0.409. The van der Waals surface area contributed by atoms with Gasteiger partial charge in [0.25, 0.3) is 0 Å². The maximum atomic E-state index is 3.98. The molecule has 1 aliphatic carbocycles. The van der Waals surface area contributed by atoms with Crippen molar-refractivity contribution in [2.24, 2.45) is 10.9 Å². The zero-order valence-electron chi connectivity index (χ0n) is 3.33. The van der Waals surface area contributed by atoms with E-state index in [2.05, 4.69) is 17.1 Å². The fraction of sp³-hybridized carbons (Fsp3) is 0.400. The summed E-state index contributed by atoms with van der Waals surface area (Å²) in [5.74, 6) is 0.741. The van der Waals surface area contributed by atoms with E-state index >= 15 is 0 Å². The molecule has 0 fully saturated rings. The third-order valence-electron chi connectivity index (χ3n) is 1.13. The highest BCUT2D eigenvalue weighted by molar-refractivity contribution is 5.80. The van der Waals surface area contributed by atoms with Gasteiger partial charge >= 0.3 is 0 Å². The standard InChI is InChI=1S/C5H5N/c1-2-4(1)5-3-6-5/h1-5H/t5-/m1/s1. The van der Waals surface area contributed by atoms with Gasteiger partial charge in [0.05, 0.1) is 6.04 Å². The van der Waals surface area contributed by atoms with E-state index in [0.29, 0.717) is 6.04 Å². The van der Waals surface area contributed by atoms with Crippen LogP contribution in [0.1, 0.15) is 0 Å². The molecule has 30 valence electrons. The highest BCUT2D eigenvalue weighted by Gasteiger charge is 2.27. The lowest BCUT2D eigenvalue weighted by molar-refractivity contribution is 0.910. The topological polar surface area (TPSA) is 12.4 Å². The zero-order valence-corrected chi connectivity index (χ0v) is 3.33. The van der Waals surface area contributed by atoms with Crippen molar-refractivity contribution >= 4 is 6.21 Å². The van der Waals surface area contributed by atoms with Crippen LogP contribution in [0.2, 0.25) is 0 Å². The summed E-state index contributed by atoms with van der Waals surface area (Å²) in [5, 5.41) is 0. The number of aliphatic imine (C=N–C) groups is 1. The predicted octanol–water partition coefficient (Wildman–Crippen LogP) is 0.625. The second-order valence-electron chi connectivity index (χ2n) is 1.75. The Morgan fingerprint density at radius 1 is 1.33 bits per heavy atom. The summed E-state index contributed by atoms with van der Waals surface area (Å²) < 4.78 is 0. The average Bonchev–Trinajstić information content (AvgIpc) is 2.26. The van der Waals surface area contributed by atoms with E-state index in [0.717, 1.165) is 5.92 Å². The summed E-state index contributed by atoms with van der Waals surface area (Å²) in [6, 6.07) is 0.602. The molecule has 6 heavy (non-hydrogen) atoms. The van der Waals surface area contributed by atoms with Gasteiger partial charge in [-0.25, -0.2) is 0 Å². The normalized spacial score (nSPS) is 37.7. The summed E-state index contributed by atoms with van der Waals surface area (Å²) >= 11 is 0. The minimum Gasteiger partial charge on any atom is -0.285 e. The number of hydrogen-bond donors (Lipinski definition) is 0. The second kappa shape index (κ2) is 0.579. The van der Waals surface area contributed by atoms with Crippen LogP contribution < -0.4 is 0 Å². The van der Waals surface area contributed by atoms with Gasteiger partial charge in [-0.1, -0.05) is 12.2 Å². The largest absolute Gasteiger partial charge is 0.285 e. The van der Waals surface area contributed by atoms with Crippen LogP contribution in [0.3, 0.4) is 0 Å². The second-order valence-corrected chi connectivity index (χ2v) is 1.75. The molecule has 0 unspecified atom stereocenters. The first-order valence-corrected chi connectivity index (χ1v) is 2.18. The Morgan fingerprint density at radius 3 is 2.17 bits per heavy atom. The fourth-order valence-electron chi connectivity index (χ4n) is 0.540. The molecule has 2 aliphatic rings. The van der Waals surface area contributed by atoms with E-state index in [4.69, 9.17) is 0 Å². The van der Waals surface area contributed by atoms with Crippen LogP contribution >= 0.6 is 0 Å². The molecule has 1 atom stereocenters. The van der Waals surface area contributed by atoms with Gasteiger partial charge < -0.3 is 0 Å². The van der Waals surface area contributed by atoms with Gasteiger partial charge in [-0.15, -0.1) is 0 Å². The Labute approximate surface area is 36.4 Å². The van der Waals surface area contributed by atoms with Crippen LogP contribution in [0.5, 0.6) is 0 Å². The van der Waals surface area contributed by atoms with Crippen LogP contribution in [0, 0.1) is 5.92 Å². The lowest BCUT2D eigenvalue weighted by atomic mass is 10.3. The van der Waals surface area contributed by atoms with E-state index in [1.807, 2.05) is 6.21 Å². The fourth-order valence-corrected chi connectivity index (χ4v) is 0.540. The van der Waals surface area contributed by atoms with Crippen LogP contribution in [0.4, 0.5) is 0 Å². The van der Waals surface area contributed by atoms with Crippen LogP contribution in [-0.2, 0) is 0 Å². The molecule has 0 bridgehead atoms. The number of rotatable bonds is 1. The predicted molar refractivity (Wildman–Crippen MR) is 24.9 cm³/mol. The van der Waals surface area contributed by atoms with Gasteiger partial charge in [-0.05, 0) is 0 Å². The van der Waals surface area contributed by atoms with Crippen molar-refractivity contribution in [2.45, 2.75) is 6.04 Å². The molecule has 1 heteroatoms. The third kappa shape index (κ3) is 0.224. The molecule has 0 saturated heterocycles. The van der Waals surface area contributed by atoms with E-state index in [9.17, 15) is 0 Å². The minimum atomic E-state index is 0.602. The third-order valence-corrected chi connectivity index (χ3v) is 1.13. The Morgan fingerprint density at radius 2 is 2.00 bits per heavy atom. The van der Waals surface area contributed by atoms with Gasteiger partial charge in [0.2, 0.25) is 0 Å². The molecule has 0 aromatic carbocycles. The van der Waals surface area contributed by atoms with Crippen molar-refractivity contribution in [2.75, 3.05) is 0 Å². The van der Waals surface area contributed by atoms with Gasteiger partial charge in [0, 0.05) is 12.1 Å². The first-order chi connectivity index (χ1) is 2.97. The molecule has 0 saturated carbocycles. The van der Waals surface area contributed by atoms with Crippen LogP contribution in [0.25, 0.3) is 0 Å². The Balaban J connectivity index is 1.97. The average molecular weight is 79.1 g/mol. The van der Waals surface area contributed by atoms with Crippen molar-refractivity contribution in [3.8, 4) is 0 Å². The van der Waals surface area contributed by atoms with Crippen molar-refractivity contribution in [3.63, 3.8) is 0 Å². The maximum absolute atomic E-state index is 3.98. The van der Waals surface area contributed by atoms with Crippen molar-refractivity contribution in [1.82, 2.24) is 0 Å². The molecule has 2 rings (SSSR count). The first-order valence-electron chi connectivity index (χ1n) is 2.18. The van der Waals surface area contributed by atoms with Crippen LogP contribution in [0.15, 0.2) is 17.1 Å². The monoisotopic (exact) mass is 79.0 g/mol. The maximum Gasteiger partial charge on any atom is 0.0940 e. The molecule has 1 nitrogen and oxygen atoms in total. The summed E-state index contributed by atoms with van der Waals surface area (Å²) in [7, 11) is 0. The lowest BCUT2D eigenvalue weighted by Gasteiger charge is -1.78. The molecule has 0 radical (unpaired) electrons. The highest BCUT2D eigenvalue weighted by Crippen LogP contribution is 2.26. The molecule has 1 aliphatic heterocycles. The van der Waals surface area contributed by atoms with Crippen molar-refractivity contribution in [3.05, 3.63) is 12.2 Å². The Bertz CT molecular complexity index is 95.9. The van der Waals surface area contributed by atoms with E-state index in [1.165, 1.54) is 0 Å². The Kier molecular flexibility index (Phi) is 0.247. The van der Waals surface area contributed by atoms with E-state index < -0.39 is 0 Å². The van der Waals surface area contributed by atoms with Crippen molar-refractivity contribution < 1.29 is 0 Å². The van der Waals surface area contributed by atoms with Crippen LogP contribution in [-0.4, -0.2) is 12.3 Å².